The van der Waals surface area contributed by atoms with Gasteiger partial charge in [0.25, 0.3) is 0 Å². The predicted octanol–water partition coefficient (Wildman–Crippen LogP) is 17.9. The van der Waals surface area contributed by atoms with Crippen molar-refractivity contribution in [1.29, 1.82) is 0 Å². The van der Waals surface area contributed by atoms with Gasteiger partial charge in [-0.3, -0.25) is 0 Å². The van der Waals surface area contributed by atoms with Gasteiger partial charge < -0.3 is 10.2 Å². The van der Waals surface area contributed by atoms with Crippen molar-refractivity contribution in [2.75, 3.05) is 4.90 Å². The molecule has 1 aliphatic heterocycles. The van der Waals surface area contributed by atoms with Crippen LogP contribution in [0.4, 0.5) is 17.1 Å². The van der Waals surface area contributed by atoms with E-state index in [1.165, 1.54) is 70.5 Å². The molecule has 0 N–H and O–H groups in total. The number of anilines is 2. The molecule has 1 atom stereocenters. The average molecular weight is 1170 g/mol. The van der Waals surface area contributed by atoms with Gasteiger partial charge >= 0.3 is 146 Å². The molecule has 0 saturated carbocycles. The third kappa shape index (κ3) is 9.61. The van der Waals surface area contributed by atoms with Crippen LogP contribution in [-0.2, 0) is 26.5 Å². The van der Waals surface area contributed by atoms with Crippen LogP contribution in [0.15, 0.2) is 152 Å². The summed E-state index contributed by atoms with van der Waals surface area (Å²) in [6, 6.07) is 59.4. The van der Waals surface area contributed by atoms with E-state index in [1.807, 2.05) is 18.2 Å². The van der Waals surface area contributed by atoms with E-state index in [-0.39, 0.29) is 26.3 Å². The number of pyridine rings is 2. The van der Waals surface area contributed by atoms with E-state index in [2.05, 4.69) is 216 Å². The van der Waals surface area contributed by atoms with Gasteiger partial charge in [0.15, 0.2) is 0 Å². The zero-order valence-electron chi connectivity index (χ0n) is 42.0. The smallest absolute Gasteiger partial charge is 0.661 e. The van der Waals surface area contributed by atoms with Crippen molar-refractivity contribution in [3.05, 3.63) is 197 Å². The minimum atomic E-state index is -1.86. The first-order valence-corrected chi connectivity index (χ1v) is 32.7. The molecule has 7 heteroatoms. The Kier molecular flexibility index (Phi) is 14.3. The van der Waals surface area contributed by atoms with Crippen LogP contribution in [0.2, 0.25) is 17.3 Å². The Hall–Kier alpha value is -5.63. The Morgan fingerprint density at radius 2 is 1.39 bits per heavy atom. The van der Waals surface area contributed by atoms with Crippen molar-refractivity contribution in [1.82, 2.24) is 9.97 Å². The first-order chi connectivity index (χ1) is 33.2. The molecule has 0 saturated heterocycles. The molecule has 0 bridgehead atoms. The second-order valence-electron chi connectivity index (χ2n) is 20.8. The normalized spacial score (nSPS) is 13.6. The molecular formula is C63H61GeIrN4S. The Balaban J connectivity index is 0.000000244. The van der Waals surface area contributed by atoms with E-state index < -0.39 is 13.3 Å². The Morgan fingerprint density at radius 1 is 0.671 bits per heavy atom. The predicted molar refractivity (Wildman–Crippen MR) is 300 cm³/mol. The van der Waals surface area contributed by atoms with Crippen molar-refractivity contribution < 1.29 is 20.1 Å². The van der Waals surface area contributed by atoms with Crippen molar-refractivity contribution in [2.45, 2.75) is 90.2 Å². The number of thiophene rings is 1. The van der Waals surface area contributed by atoms with E-state index in [0.717, 1.165) is 45.1 Å². The first kappa shape index (κ1) is 49.4. The van der Waals surface area contributed by atoms with Crippen molar-refractivity contribution in [3.63, 3.8) is 0 Å². The summed E-state index contributed by atoms with van der Waals surface area (Å²) in [5.74, 6) is 8.58. The summed E-state index contributed by atoms with van der Waals surface area (Å²) < 4.78 is 2.74. The van der Waals surface area contributed by atoms with Gasteiger partial charge in [-0.1, -0.05) is 111 Å². The van der Waals surface area contributed by atoms with Crippen LogP contribution < -0.4 is 9.30 Å². The molecule has 0 aliphatic carbocycles. The maximum absolute atomic E-state index is 5.64. The quantitative estimate of drug-likeness (QED) is 0.0822. The number of aryl methyl sites for hydroxylation is 1. The molecule has 10 aromatic rings. The molecule has 0 amide bonds. The molecule has 0 radical (unpaired) electrons. The van der Waals surface area contributed by atoms with E-state index in [1.54, 1.807) is 15.7 Å². The maximum atomic E-state index is 5.64. The molecule has 1 unspecified atom stereocenters. The molecule has 0 spiro atoms. The fraction of sp³-hybridized carbons (Fsp3) is 0.238. The van der Waals surface area contributed by atoms with Crippen molar-refractivity contribution in [2.24, 2.45) is 5.92 Å². The van der Waals surface area contributed by atoms with Crippen LogP contribution in [0.5, 0.6) is 0 Å². The number of hydrogen-bond donors (Lipinski definition) is 0. The molecule has 0 fully saturated rings. The van der Waals surface area contributed by atoms with Gasteiger partial charge in [0.05, 0.1) is 0 Å². The number of fused-ring (bicyclic) bond motifs is 7. The Bertz CT molecular complexity index is 3470. The van der Waals surface area contributed by atoms with Gasteiger partial charge in [0.1, 0.15) is 4.83 Å². The summed E-state index contributed by atoms with van der Waals surface area (Å²) >= 11 is -0.0962. The van der Waals surface area contributed by atoms with Gasteiger partial charge in [0, 0.05) is 17.1 Å². The van der Waals surface area contributed by atoms with Crippen molar-refractivity contribution in [3.8, 4) is 22.4 Å². The maximum Gasteiger partial charge on any atom is 3.00 e. The number of aromatic nitrogens is 2. The van der Waals surface area contributed by atoms with Crippen molar-refractivity contribution >= 4 is 87.9 Å². The van der Waals surface area contributed by atoms with Gasteiger partial charge in [-0.2, -0.15) is 29.5 Å². The first-order valence-electron chi connectivity index (χ1n) is 24.6. The second kappa shape index (κ2) is 20.2. The summed E-state index contributed by atoms with van der Waals surface area (Å²) in [7, 11) is 0. The zero-order valence-corrected chi connectivity index (χ0v) is 47.3. The van der Waals surface area contributed by atoms with Crippen LogP contribution in [-0.4, -0.2) is 23.2 Å². The second-order valence-corrected chi connectivity index (χ2v) is 32.4. The molecule has 1 aliphatic rings. The van der Waals surface area contributed by atoms with Crippen LogP contribution in [0.25, 0.3) is 69.5 Å². The summed E-state index contributed by atoms with van der Waals surface area (Å²) in [6.07, 6.45) is 2.99. The fourth-order valence-corrected chi connectivity index (χ4v) is 14.7. The zero-order chi connectivity index (χ0) is 48.1. The third-order valence-corrected chi connectivity index (χ3v) is 19.0. The molecular weight excluding hydrogens is 1110 g/mol. The van der Waals surface area contributed by atoms with E-state index >= 15 is 0 Å². The molecule has 70 heavy (non-hydrogen) atoms. The average Bonchev–Trinajstić information content (AvgIpc) is 3.90. The van der Waals surface area contributed by atoms with Crippen LogP contribution in [0.3, 0.4) is 0 Å². The molecule has 3 aromatic heterocycles. The molecule has 7 aromatic carbocycles. The topological polar surface area (TPSA) is 43.1 Å². The molecule has 4 nitrogen and oxygen atoms in total. The fourth-order valence-electron chi connectivity index (χ4n) is 10.1. The number of benzene rings is 7. The van der Waals surface area contributed by atoms with E-state index in [0.29, 0.717) is 17.8 Å². The summed E-state index contributed by atoms with van der Waals surface area (Å²) in [5, 5.41) is 13.0. The number of rotatable bonds is 9. The summed E-state index contributed by atoms with van der Waals surface area (Å²) in [5.41, 5.74) is 14.4. The Morgan fingerprint density at radius 3 is 2.09 bits per heavy atom. The molecule has 352 valence electrons. The SMILES string of the molecule is CC(C)Cc1cc(-c2[c-]cccc2)nc[c]1[Ge]([CH3])([CH3])[CH3].Cc1ccc2c(n1)sc1c(C3[N-]c4cc5c(ccc6ccccc65)cc4N3c3c(C(C)C)cc(-c4ccccc4)cc3C(C)C)[c-]ccc12.[Ir+3]. The minimum absolute atomic E-state index is 0. The largest absolute Gasteiger partial charge is 3.00 e. The van der Waals surface area contributed by atoms with Crippen LogP contribution >= 0.6 is 11.3 Å². The van der Waals surface area contributed by atoms with Gasteiger partial charge in [-0.05, 0) is 98.4 Å². The Labute approximate surface area is 435 Å². The number of nitrogens with zero attached hydrogens (tertiary/aromatic N) is 4. The number of hydrogen-bond acceptors (Lipinski definition) is 4. The summed E-state index contributed by atoms with van der Waals surface area (Å²) in [4.78, 5) is 13.2. The monoisotopic (exact) mass is 1170 g/mol. The van der Waals surface area contributed by atoms with Gasteiger partial charge in [-0.15, -0.1) is 16.6 Å². The third-order valence-electron chi connectivity index (χ3n) is 13.5. The van der Waals surface area contributed by atoms with Crippen LogP contribution in [0, 0.1) is 25.0 Å². The molecule has 4 heterocycles. The molecule has 11 rings (SSSR count). The van der Waals surface area contributed by atoms with E-state index in [9.17, 15) is 0 Å². The minimum Gasteiger partial charge on any atom is -0.661 e. The summed E-state index contributed by atoms with van der Waals surface area (Å²) in [6.45, 7) is 15.9. The standard InChI is InChI=1S/C45H37N3S.C18H24GeN.Ir/c1-26(2)37-22-32(29-12-7-6-8-13-29)23-38(27(3)4)42(37)48-41-24-31-20-19-30-14-9-10-15-33(30)39(31)25-40(41)47-44(48)36-17-11-16-34-35-21-18-28(5)46-45(35)49-43(34)36;1-14(2)11-16-12-18(15-9-7-6-8-10-15)20-13-17(16)19(3,4)5;/h6-16,18-27,44H,1-5H3;6-9,12-14H,11H2,1-5H3;/q-2;-1;+3. The van der Waals surface area contributed by atoms with E-state index in [4.69, 9.17) is 15.3 Å². The van der Waals surface area contributed by atoms with Gasteiger partial charge in [0.2, 0.25) is 0 Å². The van der Waals surface area contributed by atoms with Gasteiger partial charge in [-0.25, -0.2) is 4.98 Å². The van der Waals surface area contributed by atoms with Crippen LogP contribution in [0.1, 0.15) is 87.5 Å².